The van der Waals surface area contributed by atoms with E-state index in [-0.39, 0.29) is 0 Å². The number of ether oxygens (including phenoxy) is 2. The second-order valence-electron chi connectivity index (χ2n) is 6.05. The van der Waals surface area contributed by atoms with Gasteiger partial charge in [-0.05, 0) is 78.6 Å². The van der Waals surface area contributed by atoms with E-state index in [2.05, 4.69) is 51.0 Å². The molecular weight excluding hydrogens is 328 g/mol. The molecule has 0 saturated carbocycles. The lowest BCUT2D eigenvalue weighted by molar-refractivity contribution is 0.355. The normalized spacial score (nSPS) is 10.9. The molecular formula is C22H26O2S. The zero-order valence-electron chi connectivity index (χ0n) is 15.7. The van der Waals surface area contributed by atoms with E-state index in [4.69, 9.17) is 9.47 Å². The molecule has 0 radical (unpaired) electrons. The molecule has 0 fully saturated rings. The molecule has 0 unspecified atom stereocenters. The van der Waals surface area contributed by atoms with Crippen molar-refractivity contribution in [2.45, 2.75) is 27.2 Å². The van der Waals surface area contributed by atoms with Crippen LogP contribution in [0.3, 0.4) is 0 Å². The van der Waals surface area contributed by atoms with Gasteiger partial charge in [-0.15, -0.1) is 0 Å². The average Bonchev–Trinajstić information content (AvgIpc) is 2.61. The Morgan fingerprint density at radius 3 is 2.32 bits per heavy atom. The summed E-state index contributed by atoms with van der Waals surface area (Å²) >= 11 is 1.62. The van der Waals surface area contributed by atoms with E-state index in [0.717, 1.165) is 28.4 Å². The van der Waals surface area contributed by atoms with Crippen LogP contribution in [0.5, 0.6) is 11.5 Å². The highest BCUT2D eigenvalue weighted by atomic mass is 32.2. The van der Waals surface area contributed by atoms with Crippen LogP contribution < -0.4 is 9.47 Å². The number of thioether (sulfide) groups is 1. The van der Waals surface area contributed by atoms with Crippen molar-refractivity contribution in [3.8, 4) is 11.5 Å². The molecule has 2 aromatic carbocycles. The number of benzene rings is 2. The first kappa shape index (κ1) is 19.2. The monoisotopic (exact) mass is 354 g/mol. The van der Waals surface area contributed by atoms with Crippen LogP contribution in [0.2, 0.25) is 0 Å². The molecule has 0 spiro atoms. The summed E-state index contributed by atoms with van der Waals surface area (Å²) in [7, 11) is 3.28. The number of aryl methyl sites for hydroxylation is 3. The van der Waals surface area contributed by atoms with Crippen LogP contribution in [-0.4, -0.2) is 14.2 Å². The quantitative estimate of drug-likeness (QED) is 0.599. The van der Waals surface area contributed by atoms with Crippen molar-refractivity contribution >= 4 is 16.7 Å². The summed E-state index contributed by atoms with van der Waals surface area (Å²) in [5.41, 5.74) is 6.45. The second kappa shape index (κ2) is 8.82. The summed E-state index contributed by atoms with van der Waals surface area (Å²) in [6.07, 6.45) is 3.12. The van der Waals surface area contributed by atoms with Gasteiger partial charge in [-0.25, -0.2) is 0 Å². The smallest absolute Gasteiger partial charge is 0.161 e. The minimum absolute atomic E-state index is 0.719. The summed E-state index contributed by atoms with van der Waals surface area (Å²) in [6, 6.07) is 10.4. The maximum Gasteiger partial charge on any atom is 0.161 e. The lowest BCUT2D eigenvalue weighted by Crippen LogP contribution is -1.91. The van der Waals surface area contributed by atoms with Crippen LogP contribution in [0.4, 0.5) is 0 Å². The molecule has 0 aliphatic carbocycles. The third-order valence-electron chi connectivity index (χ3n) is 4.30. The fourth-order valence-corrected chi connectivity index (χ4v) is 3.24. The third-order valence-corrected chi connectivity index (χ3v) is 5.15. The molecule has 0 N–H and O–H groups in total. The first-order valence-electron chi connectivity index (χ1n) is 8.26. The predicted octanol–water partition coefficient (Wildman–Crippen LogP) is 6.09. The van der Waals surface area contributed by atoms with Gasteiger partial charge in [-0.3, -0.25) is 0 Å². The summed E-state index contributed by atoms with van der Waals surface area (Å²) in [6.45, 7) is 10.7. The lowest BCUT2D eigenvalue weighted by atomic mass is 9.99. The molecule has 0 amide bonds. The van der Waals surface area contributed by atoms with E-state index < -0.39 is 0 Å². The zero-order chi connectivity index (χ0) is 18.4. The number of hydrogen-bond acceptors (Lipinski definition) is 3. The Hall–Kier alpha value is -2.13. The van der Waals surface area contributed by atoms with Crippen molar-refractivity contribution in [3.63, 3.8) is 0 Å². The highest BCUT2D eigenvalue weighted by molar-refractivity contribution is 8.10. The standard InChI is InChI=1S/C22H26O2S/c1-15-12-17(3)19(13-16(15)2)8-7-11-25-18(4)20-9-10-21(23-5)22(14-20)24-6/h7,9-14H,4,8H2,1-3,5-6H3/b11-7+. The second-order valence-corrected chi connectivity index (χ2v) is 7.05. The number of methoxy groups -OCH3 is 2. The van der Waals surface area contributed by atoms with Crippen LogP contribution in [0.25, 0.3) is 4.91 Å². The fraction of sp³-hybridized carbons (Fsp3) is 0.273. The molecule has 0 saturated heterocycles. The van der Waals surface area contributed by atoms with Gasteiger partial charge in [-0.2, -0.15) is 0 Å². The number of allylic oxidation sites excluding steroid dienone is 1. The number of rotatable bonds is 7. The number of hydrogen-bond donors (Lipinski definition) is 0. The Morgan fingerprint density at radius 2 is 1.64 bits per heavy atom. The van der Waals surface area contributed by atoms with Gasteiger partial charge in [0.2, 0.25) is 0 Å². The van der Waals surface area contributed by atoms with Crippen LogP contribution in [0, 0.1) is 20.8 Å². The molecule has 2 rings (SSSR count). The molecule has 3 heteroatoms. The van der Waals surface area contributed by atoms with Crippen molar-refractivity contribution in [2.24, 2.45) is 0 Å². The fourth-order valence-electron chi connectivity index (χ4n) is 2.62. The van der Waals surface area contributed by atoms with Crippen LogP contribution in [-0.2, 0) is 6.42 Å². The minimum atomic E-state index is 0.719. The maximum atomic E-state index is 5.35. The molecule has 0 aromatic heterocycles. The molecule has 2 aromatic rings. The van der Waals surface area contributed by atoms with Crippen LogP contribution in [0.1, 0.15) is 27.8 Å². The molecule has 2 nitrogen and oxygen atoms in total. The van der Waals surface area contributed by atoms with E-state index in [1.54, 1.807) is 26.0 Å². The van der Waals surface area contributed by atoms with E-state index in [9.17, 15) is 0 Å². The van der Waals surface area contributed by atoms with E-state index in [0.29, 0.717) is 0 Å². The van der Waals surface area contributed by atoms with Gasteiger partial charge >= 0.3 is 0 Å². The molecule has 0 aliphatic heterocycles. The molecule has 132 valence electrons. The SMILES string of the molecule is C=C(S/C=C/Cc1cc(C)c(C)cc1C)c1ccc(OC)c(OC)c1. The Bertz CT molecular complexity index is 791. The van der Waals surface area contributed by atoms with Gasteiger partial charge in [0, 0.05) is 4.91 Å². The van der Waals surface area contributed by atoms with Gasteiger partial charge < -0.3 is 9.47 Å². The lowest BCUT2D eigenvalue weighted by Gasteiger charge is -2.10. The van der Waals surface area contributed by atoms with Gasteiger partial charge in [-0.1, -0.05) is 36.5 Å². The first-order valence-corrected chi connectivity index (χ1v) is 9.14. The van der Waals surface area contributed by atoms with E-state index >= 15 is 0 Å². The van der Waals surface area contributed by atoms with Gasteiger partial charge in [0.15, 0.2) is 11.5 Å². The maximum absolute atomic E-state index is 5.35. The van der Waals surface area contributed by atoms with Crippen molar-refractivity contribution in [1.82, 2.24) is 0 Å². The summed E-state index contributed by atoms with van der Waals surface area (Å²) in [5.74, 6) is 1.45. The summed E-state index contributed by atoms with van der Waals surface area (Å²) in [5, 5.41) is 2.10. The Labute approximate surface area is 155 Å². The Kier molecular flexibility index (Phi) is 6.77. The highest BCUT2D eigenvalue weighted by Crippen LogP contribution is 2.34. The van der Waals surface area contributed by atoms with E-state index in [1.165, 1.54) is 22.3 Å². The first-order chi connectivity index (χ1) is 12.0. The highest BCUT2D eigenvalue weighted by Gasteiger charge is 2.06. The molecule has 25 heavy (non-hydrogen) atoms. The molecule has 0 aliphatic rings. The largest absolute Gasteiger partial charge is 0.493 e. The van der Waals surface area contributed by atoms with Gasteiger partial charge in [0.25, 0.3) is 0 Å². The van der Waals surface area contributed by atoms with Crippen LogP contribution >= 0.6 is 11.8 Å². The summed E-state index contributed by atoms with van der Waals surface area (Å²) < 4.78 is 10.6. The van der Waals surface area contributed by atoms with Crippen LogP contribution in [0.15, 0.2) is 48.4 Å². The molecule has 0 bridgehead atoms. The average molecular weight is 355 g/mol. The van der Waals surface area contributed by atoms with E-state index in [1.807, 2.05) is 18.2 Å². The summed E-state index contributed by atoms with van der Waals surface area (Å²) in [4.78, 5) is 0.981. The van der Waals surface area contributed by atoms with Gasteiger partial charge in [0.05, 0.1) is 14.2 Å². The predicted molar refractivity (Wildman–Crippen MR) is 110 cm³/mol. The zero-order valence-corrected chi connectivity index (χ0v) is 16.5. The minimum Gasteiger partial charge on any atom is -0.493 e. The van der Waals surface area contributed by atoms with Crippen molar-refractivity contribution in [2.75, 3.05) is 14.2 Å². The Balaban J connectivity index is 2.00. The third kappa shape index (κ3) is 4.93. The van der Waals surface area contributed by atoms with Crippen molar-refractivity contribution in [3.05, 3.63) is 76.2 Å². The van der Waals surface area contributed by atoms with Gasteiger partial charge in [0.1, 0.15) is 0 Å². The Morgan fingerprint density at radius 1 is 0.960 bits per heavy atom. The topological polar surface area (TPSA) is 18.5 Å². The van der Waals surface area contributed by atoms with Crippen molar-refractivity contribution in [1.29, 1.82) is 0 Å². The van der Waals surface area contributed by atoms with Crippen molar-refractivity contribution < 1.29 is 9.47 Å². The molecule has 0 heterocycles. The molecule has 0 atom stereocenters.